The average molecular weight is 438 g/mol. The van der Waals surface area contributed by atoms with Gasteiger partial charge in [0.25, 0.3) is 0 Å². The van der Waals surface area contributed by atoms with Gasteiger partial charge in [-0.25, -0.2) is 0 Å². The van der Waals surface area contributed by atoms with Crippen molar-refractivity contribution in [3.05, 3.63) is 65.3 Å². The molecule has 1 saturated heterocycles. The van der Waals surface area contributed by atoms with E-state index < -0.39 is 11.3 Å². The van der Waals surface area contributed by atoms with Gasteiger partial charge in [0, 0.05) is 49.9 Å². The largest absolute Gasteiger partial charge is 0.369 e. The fourth-order valence-electron chi connectivity index (χ4n) is 3.99. The van der Waals surface area contributed by atoms with Gasteiger partial charge in [-0.1, -0.05) is 29.8 Å². The van der Waals surface area contributed by atoms with Crippen molar-refractivity contribution in [2.45, 2.75) is 12.3 Å². The van der Waals surface area contributed by atoms with Crippen LogP contribution in [-0.2, 0) is 15.0 Å². The smallest absolute Gasteiger partial charge is 0.233 e. The highest BCUT2D eigenvalue weighted by Gasteiger charge is 2.39. The third-order valence-corrected chi connectivity index (χ3v) is 6.25. The quantitative estimate of drug-likeness (QED) is 0.797. The number of aliphatic imine (C=N–C) groups is 1. The zero-order valence-corrected chi connectivity index (χ0v) is 18.0. The van der Waals surface area contributed by atoms with Crippen LogP contribution in [0.25, 0.3) is 11.3 Å². The summed E-state index contributed by atoms with van der Waals surface area (Å²) in [6, 6.07) is 11.0. The maximum Gasteiger partial charge on any atom is 0.233 e. The van der Waals surface area contributed by atoms with Crippen molar-refractivity contribution in [2.24, 2.45) is 10.7 Å². The summed E-state index contributed by atoms with van der Waals surface area (Å²) < 4.78 is 0. The Balaban J connectivity index is 1.60. The summed E-state index contributed by atoms with van der Waals surface area (Å²) in [5, 5.41) is 0.550. The molecule has 1 atom stereocenters. The first-order valence-corrected chi connectivity index (χ1v) is 10.5. The number of halogens is 1. The number of benzene rings is 1. The Hall–Kier alpha value is -3.19. The molecule has 160 valence electrons. The Kier molecular flexibility index (Phi) is 5.78. The first-order valence-electron chi connectivity index (χ1n) is 10.2. The Bertz CT molecular complexity index is 1060. The molecule has 1 fully saturated rings. The summed E-state index contributed by atoms with van der Waals surface area (Å²) in [4.78, 5) is 37.2. The standard InChI is InChI=1S/C23H24ClN5O2/c1-16(30)28-10-12-29(13-11-28)21-7-8-23(15-27-21,22(25)31)17-5-6-19(24)18(14-17)20-4-2-3-9-26-20/h2-9,14H,10-13,15H2,1H3,(H2,25,31). The highest BCUT2D eigenvalue weighted by Crippen LogP contribution is 2.35. The molecule has 0 bridgehead atoms. The van der Waals surface area contributed by atoms with Crippen LogP contribution in [0.3, 0.4) is 0 Å². The summed E-state index contributed by atoms with van der Waals surface area (Å²) in [5.74, 6) is 0.418. The van der Waals surface area contributed by atoms with Crippen LogP contribution in [0, 0.1) is 0 Å². The van der Waals surface area contributed by atoms with Crippen molar-refractivity contribution in [1.29, 1.82) is 0 Å². The lowest BCUT2D eigenvalue weighted by atomic mass is 9.77. The van der Waals surface area contributed by atoms with Crippen molar-refractivity contribution in [1.82, 2.24) is 14.8 Å². The molecule has 0 aliphatic carbocycles. The normalized spacial score (nSPS) is 21.0. The number of primary amides is 1. The highest BCUT2D eigenvalue weighted by molar-refractivity contribution is 6.33. The lowest BCUT2D eigenvalue weighted by molar-refractivity contribution is -0.130. The summed E-state index contributed by atoms with van der Waals surface area (Å²) in [5.41, 5.74) is 7.00. The van der Waals surface area contributed by atoms with Crippen LogP contribution in [0.1, 0.15) is 12.5 Å². The number of rotatable bonds is 3. The number of piperazine rings is 1. The van der Waals surface area contributed by atoms with Gasteiger partial charge >= 0.3 is 0 Å². The number of nitrogens with zero attached hydrogens (tertiary/aromatic N) is 4. The van der Waals surface area contributed by atoms with Gasteiger partial charge < -0.3 is 15.5 Å². The molecule has 0 radical (unpaired) electrons. The first-order chi connectivity index (χ1) is 14.9. The second kappa shape index (κ2) is 8.51. The van der Waals surface area contributed by atoms with E-state index in [9.17, 15) is 9.59 Å². The molecule has 8 heteroatoms. The number of aromatic nitrogens is 1. The van der Waals surface area contributed by atoms with Crippen LogP contribution >= 0.6 is 11.6 Å². The number of carbonyl (C=O) groups is 2. The number of nitrogens with two attached hydrogens (primary N) is 1. The zero-order valence-electron chi connectivity index (χ0n) is 17.3. The van der Waals surface area contributed by atoms with E-state index in [0.29, 0.717) is 31.2 Å². The van der Waals surface area contributed by atoms with Crippen molar-refractivity contribution >= 4 is 29.3 Å². The molecule has 0 spiro atoms. The molecule has 4 rings (SSSR count). The van der Waals surface area contributed by atoms with Crippen LogP contribution in [0.5, 0.6) is 0 Å². The third-order valence-electron chi connectivity index (χ3n) is 5.92. The number of dihydropyridines is 1. The van der Waals surface area contributed by atoms with Crippen molar-refractivity contribution in [2.75, 3.05) is 32.7 Å². The van der Waals surface area contributed by atoms with E-state index in [0.717, 1.165) is 22.7 Å². The predicted octanol–water partition coefficient (Wildman–Crippen LogP) is 2.26. The number of amides is 2. The Labute approximate surface area is 186 Å². The van der Waals surface area contributed by atoms with E-state index in [2.05, 4.69) is 9.88 Å². The molecule has 1 aromatic heterocycles. The average Bonchev–Trinajstić information content (AvgIpc) is 2.80. The summed E-state index contributed by atoms with van der Waals surface area (Å²) in [7, 11) is 0. The van der Waals surface area contributed by atoms with Gasteiger partial charge in [-0.15, -0.1) is 0 Å². The molecule has 7 nitrogen and oxygen atoms in total. The van der Waals surface area contributed by atoms with Crippen molar-refractivity contribution in [3.63, 3.8) is 0 Å². The Morgan fingerprint density at radius 2 is 1.90 bits per heavy atom. The topological polar surface area (TPSA) is 91.9 Å². The van der Waals surface area contributed by atoms with Crippen LogP contribution in [0.4, 0.5) is 0 Å². The summed E-state index contributed by atoms with van der Waals surface area (Å²) in [6.07, 6.45) is 5.39. The van der Waals surface area contributed by atoms with E-state index in [-0.39, 0.29) is 12.5 Å². The minimum atomic E-state index is -1.06. The maximum atomic E-state index is 12.6. The summed E-state index contributed by atoms with van der Waals surface area (Å²) >= 11 is 6.42. The fraction of sp³-hybridized carbons (Fsp3) is 0.304. The minimum Gasteiger partial charge on any atom is -0.369 e. The molecule has 31 heavy (non-hydrogen) atoms. The molecule has 1 aromatic carbocycles. The molecule has 0 saturated carbocycles. The van der Waals surface area contributed by atoms with Gasteiger partial charge in [0.2, 0.25) is 11.8 Å². The molecule has 2 aliphatic rings. The molecule has 3 heterocycles. The van der Waals surface area contributed by atoms with E-state index in [1.54, 1.807) is 19.2 Å². The van der Waals surface area contributed by atoms with Crippen LogP contribution in [0.15, 0.2) is 59.7 Å². The molecule has 2 aliphatic heterocycles. The van der Waals surface area contributed by atoms with E-state index in [1.807, 2.05) is 47.4 Å². The Morgan fingerprint density at radius 1 is 1.13 bits per heavy atom. The lowest BCUT2D eigenvalue weighted by Crippen LogP contribution is -2.51. The fourth-order valence-corrected chi connectivity index (χ4v) is 4.21. The predicted molar refractivity (Wildman–Crippen MR) is 121 cm³/mol. The molecular weight excluding hydrogens is 414 g/mol. The zero-order chi connectivity index (χ0) is 22.0. The van der Waals surface area contributed by atoms with Crippen LogP contribution < -0.4 is 5.73 Å². The monoisotopic (exact) mass is 437 g/mol. The number of hydrogen-bond acceptors (Lipinski definition) is 5. The van der Waals surface area contributed by atoms with Gasteiger partial charge in [-0.3, -0.25) is 19.6 Å². The lowest BCUT2D eigenvalue weighted by Gasteiger charge is -2.37. The van der Waals surface area contributed by atoms with E-state index >= 15 is 0 Å². The number of pyridine rings is 1. The minimum absolute atomic E-state index is 0.0833. The van der Waals surface area contributed by atoms with Crippen molar-refractivity contribution < 1.29 is 9.59 Å². The molecular formula is C23H24ClN5O2. The molecule has 1 unspecified atom stereocenters. The molecule has 2 aromatic rings. The van der Waals surface area contributed by atoms with Gasteiger partial charge in [-0.05, 0) is 35.9 Å². The second-order valence-electron chi connectivity index (χ2n) is 7.75. The molecule has 2 amide bonds. The summed E-state index contributed by atoms with van der Waals surface area (Å²) in [6.45, 7) is 4.53. The third kappa shape index (κ3) is 4.05. The number of amidine groups is 1. The maximum absolute atomic E-state index is 12.6. The highest BCUT2D eigenvalue weighted by atomic mass is 35.5. The first kappa shape index (κ1) is 21.1. The van der Waals surface area contributed by atoms with Crippen LogP contribution in [0.2, 0.25) is 5.02 Å². The van der Waals surface area contributed by atoms with Crippen molar-refractivity contribution in [3.8, 4) is 11.3 Å². The number of hydrogen-bond donors (Lipinski definition) is 1. The molecule has 2 N–H and O–H groups in total. The van der Waals surface area contributed by atoms with E-state index in [1.165, 1.54) is 0 Å². The van der Waals surface area contributed by atoms with Gasteiger partial charge in [0.15, 0.2) is 0 Å². The van der Waals surface area contributed by atoms with E-state index in [4.69, 9.17) is 22.3 Å². The number of carbonyl (C=O) groups excluding carboxylic acids is 2. The van der Waals surface area contributed by atoms with Crippen LogP contribution in [-0.4, -0.2) is 65.2 Å². The second-order valence-corrected chi connectivity index (χ2v) is 8.15. The van der Waals surface area contributed by atoms with Gasteiger partial charge in [0.05, 0.1) is 12.2 Å². The Morgan fingerprint density at radius 3 is 2.48 bits per heavy atom. The van der Waals surface area contributed by atoms with Gasteiger partial charge in [0.1, 0.15) is 11.3 Å². The van der Waals surface area contributed by atoms with Gasteiger partial charge in [-0.2, -0.15) is 0 Å². The SMILES string of the molecule is CC(=O)N1CCN(C2=NCC(C(N)=O)(c3ccc(Cl)c(-c4ccccn4)c3)C=C2)CC1.